The van der Waals surface area contributed by atoms with Crippen molar-refractivity contribution in [3.8, 4) is 5.75 Å². The Kier molecular flexibility index (Phi) is 5.61. The lowest BCUT2D eigenvalue weighted by atomic mass is 10.1. The molecule has 156 valence electrons. The van der Waals surface area contributed by atoms with Crippen LogP contribution in [0, 0.1) is 5.82 Å². The SMILES string of the molecule is O=C(CN1C(=O)COc2ccc(NC(=O)c3cccc(F)c3)cc21)Nc1ccccc1. The summed E-state index contributed by atoms with van der Waals surface area (Å²) in [6.45, 7) is -0.411. The van der Waals surface area contributed by atoms with Gasteiger partial charge in [0.1, 0.15) is 18.1 Å². The van der Waals surface area contributed by atoms with Gasteiger partial charge < -0.3 is 15.4 Å². The number of hydrogen-bond acceptors (Lipinski definition) is 4. The monoisotopic (exact) mass is 419 g/mol. The van der Waals surface area contributed by atoms with Crippen LogP contribution < -0.4 is 20.3 Å². The van der Waals surface area contributed by atoms with Gasteiger partial charge in [0.05, 0.1) is 5.69 Å². The van der Waals surface area contributed by atoms with Crippen molar-refractivity contribution in [3.63, 3.8) is 0 Å². The summed E-state index contributed by atoms with van der Waals surface area (Å²) in [7, 11) is 0. The molecule has 0 saturated heterocycles. The van der Waals surface area contributed by atoms with E-state index in [4.69, 9.17) is 4.74 Å². The van der Waals surface area contributed by atoms with Gasteiger partial charge in [-0.15, -0.1) is 0 Å². The first kappa shape index (κ1) is 20.1. The van der Waals surface area contributed by atoms with E-state index in [-0.39, 0.29) is 30.5 Å². The van der Waals surface area contributed by atoms with Crippen LogP contribution in [0.2, 0.25) is 0 Å². The molecule has 1 aliphatic heterocycles. The van der Waals surface area contributed by atoms with Crippen LogP contribution in [-0.4, -0.2) is 30.9 Å². The number of hydrogen-bond donors (Lipinski definition) is 2. The van der Waals surface area contributed by atoms with E-state index in [1.54, 1.807) is 42.5 Å². The topological polar surface area (TPSA) is 87.7 Å². The average molecular weight is 419 g/mol. The molecule has 0 aromatic heterocycles. The molecule has 0 radical (unpaired) electrons. The van der Waals surface area contributed by atoms with Crippen molar-refractivity contribution >= 4 is 34.8 Å². The summed E-state index contributed by atoms with van der Waals surface area (Å²) in [6.07, 6.45) is 0. The molecule has 0 bridgehead atoms. The molecule has 1 aliphatic rings. The van der Waals surface area contributed by atoms with Crippen LogP contribution in [0.3, 0.4) is 0 Å². The number of para-hydroxylation sites is 1. The highest BCUT2D eigenvalue weighted by Gasteiger charge is 2.28. The number of fused-ring (bicyclic) bond motifs is 1. The Morgan fingerprint density at radius 1 is 0.935 bits per heavy atom. The molecule has 3 aromatic carbocycles. The molecule has 3 amide bonds. The number of ether oxygens (including phenoxy) is 1. The highest BCUT2D eigenvalue weighted by molar-refractivity contribution is 6.07. The molecule has 8 heteroatoms. The maximum atomic E-state index is 13.4. The maximum absolute atomic E-state index is 13.4. The number of anilines is 3. The number of nitrogens with one attached hydrogen (secondary N) is 2. The molecular formula is C23H18FN3O4. The van der Waals surface area contributed by atoms with Crippen molar-refractivity contribution in [1.29, 1.82) is 0 Å². The van der Waals surface area contributed by atoms with Gasteiger partial charge in [0.15, 0.2) is 6.61 Å². The number of nitrogens with zero attached hydrogens (tertiary/aromatic N) is 1. The molecule has 0 atom stereocenters. The van der Waals surface area contributed by atoms with Crippen LogP contribution in [0.15, 0.2) is 72.8 Å². The predicted octanol–water partition coefficient (Wildman–Crippen LogP) is 3.44. The smallest absolute Gasteiger partial charge is 0.265 e. The maximum Gasteiger partial charge on any atom is 0.265 e. The second-order valence-corrected chi connectivity index (χ2v) is 6.83. The molecule has 0 unspecified atom stereocenters. The van der Waals surface area contributed by atoms with Crippen LogP contribution in [0.4, 0.5) is 21.5 Å². The number of halogens is 1. The fourth-order valence-corrected chi connectivity index (χ4v) is 3.15. The standard InChI is InChI=1S/C23H18FN3O4/c24-16-6-4-5-15(11-16)23(30)26-18-9-10-20-19(12-18)27(22(29)14-31-20)13-21(28)25-17-7-2-1-3-8-17/h1-12H,13-14H2,(H,25,28)(H,26,30). The second-order valence-electron chi connectivity index (χ2n) is 6.83. The van der Waals surface area contributed by atoms with E-state index < -0.39 is 11.7 Å². The summed E-state index contributed by atoms with van der Waals surface area (Å²) in [6, 6.07) is 18.9. The minimum Gasteiger partial charge on any atom is -0.482 e. The Labute approximate surface area is 177 Å². The first-order valence-electron chi connectivity index (χ1n) is 9.48. The lowest BCUT2D eigenvalue weighted by Crippen LogP contribution is -2.43. The normalized spacial score (nSPS) is 12.5. The number of carbonyl (C=O) groups is 3. The zero-order valence-corrected chi connectivity index (χ0v) is 16.3. The summed E-state index contributed by atoms with van der Waals surface area (Å²) in [5.41, 5.74) is 1.50. The van der Waals surface area contributed by atoms with E-state index in [0.29, 0.717) is 22.8 Å². The Hall–Kier alpha value is -4.20. The first-order chi connectivity index (χ1) is 15.0. The molecule has 3 aromatic rings. The third kappa shape index (κ3) is 4.69. The zero-order chi connectivity index (χ0) is 21.8. The lowest BCUT2D eigenvalue weighted by molar-refractivity contribution is -0.123. The summed E-state index contributed by atoms with van der Waals surface area (Å²) >= 11 is 0. The second kappa shape index (κ2) is 8.66. The highest BCUT2D eigenvalue weighted by atomic mass is 19.1. The van der Waals surface area contributed by atoms with E-state index in [1.807, 2.05) is 6.07 Å². The van der Waals surface area contributed by atoms with Crippen LogP contribution in [0.5, 0.6) is 5.75 Å². The molecule has 0 aliphatic carbocycles. The van der Waals surface area contributed by atoms with E-state index in [2.05, 4.69) is 10.6 Å². The number of benzene rings is 3. The number of carbonyl (C=O) groups excluding carboxylic acids is 3. The predicted molar refractivity (Wildman–Crippen MR) is 114 cm³/mol. The van der Waals surface area contributed by atoms with Crippen molar-refractivity contribution in [1.82, 2.24) is 0 Å². The molecule has 0 fully saturated rings. The molecule has 7 nitrogen and oxygen atoms in total. The van der Waals surface area contributed by atoms with Gasteiger partial charge in [0.2, 0.25) is 5.91 Å². The third-order valence-corrected chi connectivity index (χ3v) is 4.61. The molecule has 2 N–H and O–H groups in total. The summed E-state index contributed by atoms with van der Waals surface area (Å²) < 4.78 is 18.8. The van der Waals surface area contributed by atoms with Crippen molar-refractivity contribution < 1.29 is 23.5 Å². The van der Waals surface area contributed by atoms with Gasteiger partial charge >= 0.3 is 0 Å². The van der Waals surface area contributed by atoms with E-state index >= 15 is 0 Å². The van der Waals surface area contributed by atoms with Crippen molar-refractivity contribution in [2.45, 2.75) is 0 Å². The van der Waals surface area contributed by atoms with Crippen LogP contribution >= 0.6 is 0 Å². The summed E-state index contributed by atoms with van der Waals surface area (Å²) in [5.74, 6) is -1.37. The Morgan fingerprint density at radius 2 is 1.74 bits per heavy atom. The minimum absolute atomic E-state index is 0.157. The van der Waals surface area contributed by atoms with Crippen molar-refractivity contribution in [2.24, 2.45) is 0 Å². The summed E-state index contributed by atoms with van der Waals surface area (Å²) in [5, 5.41) is 5.40. The van der Waals surface area contributed by atoms with Gasteiger partial charge in [-0.05, 0) is 48.5 Å². The van der Waals surface area contributed by atoms with Gasteiger partial charge in [-0.3, -0.25) is 19.3 Å². The van der Waals surface area contributed by atoms with Crippen LogP contribution in [0.25, 0.3) is 0 Å². The molecule has 31 heavy (non-hydrogen) atoms. The molecule has 0 saturated carbocycles. The quantitative estimate of drug-likeness (QED) is 0.663. The lowest BCUT2D eigenvalue weighted by Gasteiger charge is -2.29. The molecule has 0 spiro atoms. The average Bonchev–Trinajstić information content (AvgIpc) is 2.76. The molecule has 4 rings (SSSR count). The third-order valence-electron chi connectivity index (χ3n) is 4.61. The van der Waals surface area contributed by atoms with Crippen molar-refractivity contribution in [3.05, 3.63) is 84.2 Å². The van der Waals surface area contributed by atoms with Gasteiger partial charge in [-0.25, -0.2) is 4.39 Å². The highest BCUT2D eigenvalue weighted by Crippen LogP contribution is 2.34. The Morgan fingerprint density at radius 3 is 2.52 bits per heavy atom. The van der Waals surface area contributed by atoms with Gasteiger partial charge in [-0.1, -0.05) is 24.3 Å². The van der Waals surface area contributed by atoms with Crippen LogP contribution in [-0.2, 0) is 9.59 Å². The van der Waals surface area contributed by atoms with E-state index in [1.165, 1.54) is 23.1 Å². The fraction of sp³-hybridized carbons (Fsp3) is 0.0870. The van der Waals surface area contributed by atoms with Crippen LogP contribution in [0.1, 0.15) is 10.4 Å². The molecular weight excluding hydrogens is 401 g/mol. The van der Waals surface area contributed by atoms with Gasteiger partial charge in [0.25, 0.3) is 11.8 Å². The van der Waals surface area contributed by atoms with Crippen molar-refractivity contribution in [2.75, 3.05) is 28.7 Å². The Balaban J connectivity index is 1.53. The largest absolute Gasteiger partial charge is 0.482 e. The Bertz CT molecular complexity index is 1150. The minimum atomic E-state index is -0.521. The summed E-state index contributed by atoms with van der Waals surface area (Å²) in [4.78, 5) is 38.6. The first-order valence-corrected chi connectivity index (χ1v) is 9.48. The van der Waals surface area contributed by atoms with Gasteiger partial charge in [0, 0.05) is 16.9 Å². The number of rotatable bonds is 5. The van der Waals surface area contributed by atoms with Gasteiger partial charge in [-0.2, -0.15) is 0 Å². The number of amides is 3. The molecule has 1 heterocycles. The van der Waals surface area contributed by atoms with E-state index in [9.17, 15) is 18.8 Å². The van der Waals surface area contributed by atoms with E-state index in [0.717, 1.165) is 6.07 Å². The zero-order valence-electron chi connectivity index (χ0n) is 16.3. The fourth-order valence-electron chi connectivity index (χ4n) is 3.15.